The van der Waals surface area contributed by atoms with Gasteiger partial charge in [-0.1, -0.05) is 24.3 Å². The predicted molar refractivity (Wildman–Crippen MR) is 94.8 cm³/mol. The van der Waals surface area contributed by atoms with Crippen LogP contribution >= 0.6 is 0 Å². The first-order chi connectivity index (χ1) is 11.6. The van der Waals surface area contributed by atoms with Crippen LogP contribution < -0.4 is 10.6 Å². The first kappa shape index (κ1) is 17.9. The largest absolute Gasteiger partial charge is 0.383 e. The highest BCUT2D eigenvalue weighted by molar-refractivity contribution is 5.73. The van der Waals surface area contributed by atoms with Crippen LogP contribution in [0.3, 0.4) is 0 Å². The molecule has 1 atom stereocenters. The molecule has 0 saturated carbocycles. The third-order valence-electron chi connectivity index (χ3n) is 3.52. The molecule has 128 valence electrons. The van der Waals surface area contributed by atoms with Crippen LogP contribution in [0.5, 0.6) is 0 Å². The summed E-state index contributed by atoms with van der Waals surface area (Å²) in [5, 5.41) is 5.98. The Morgan fingerprint density at radius 3 is 2.42 bits per heavy atom. The Balaban J connectivity index is 1.96. The summed E-state index contributed by atoms with van der Waals surface area (Å²) in [6, 6.07) is 8.35. The summed E-state index contributed by atoms with van der Waals surface area (Å²) in [4.78, 5) is 19.7. The fraction of sp³-hybridized carbons (Fsp3) is 0.389. The minimum atomic E-state index is -0.00420. The number of carbonyl (C=O) groups excluding carboxylic acids is 1. The van der Waals surface area contributed by atoms with Crippen molar-refractivity contribution in [3.8, 4) is 11.1 Å². The second-order valence-corrected chi connectivity index (χ2v) is 5.72. The number of carbonyl (C=O) groups is 1. The SMILES string of the molecule is COCCNc1ncc(-c2ccc(CC(C)NC(C)=O)cc2)cn1. The van der Waals surface area contributed by atoms with E-state index in [9.17, 15) is 4.79 Å². The monoisotopic (exact) mass is 328 g/mol. The van der Waals surface area contributed by atoms with E-state index in [1.807, 2.05) is 19.1 Å². The molecule has 6 nitrogen and oxygen atoms in total. The van der Waals surface area contributed by atoms with Crippen molar-refractivity contribution in [1.82, 2.24) is 15.3 Å². The van der Waals surface area contributed by atoms with E-state index >= 15 is 0 Å². The second-order valence-electron chi connectivity index (χ2n) is 5.72. The molecule has 0 aliphatic heterocycles. The molecule has 0 fully saturated rings. The van der Waals surface area contributed by atoms with Gasteiger partial charge in [-0.05, 0) is 24.5 Å². The van der Waals surface area contributed by atoms with Crippen LogP contribution in [0.4, 0.5) is 5.95 Å². The maximum atomic E-state index is 11.1. The van der Waals surface area contributed by atoms with E-state index in [1.54, 1.807) is 19.5 Å². The number of hydrogen-bond acceptors (Lipinski definition) is 5. The summed E-state index contributed by atoms with van der Waals surface area (Å²) in [5.74, 6) is 0.590. The Labute approximate surface area is 142 Å². The molecule has 1 heterocycles. The van der Waals surface area contributed by atoms with Gasteiger partial charge in [0.05, 0.1) is 6.61 Å². The van der Waals surface area contributed by atoms with Gasteiger partial charge in [0.1, 0.15) is 0 Å². The molecule has 24 heavy (non-hydrogen) atoms. The lowest BCUT2D eigenvalue weighted by Gasteiger charge is -2.12. The van der Waals surface area contributed by atoms with Crippen molar-refractivity contribution in [2.45, 2.75) is 26.3 Å². The van der Waals surface area contributed by atoms with Crippen LogP contribution in [0, 0.1) is 0 Å². The number of ether oxygens (including phenoxy) is 1. The molecular formula is C18H24N4O2. The maximum absolute atomic E-state index is 11.1. The number of anilines is 1. The van der Waals surface area contributed by atoms with Gasteiger partial charge in [0.25, 0.3) is 0 Å². The van der Waals surface area contributed by atoms with Crippen LogP contribution in [0.15, 0.2) is 36.7 Å². The van der Waals surface area contributed by atoms with Gasteiger partial charge in [0, 0.05) is 44.6 Å². The summed E-state index contributed by atoms with van der Waals surface area (Å²) < 4.78 is 4.98. The minimum absolute atomic E-state index is 0.00420. The molecule has 2 rings (SSSR count). The molecule has 1 aromatic carbocycles. The normalized spacial score (nSPS) is 11.8. The van der Waals surface area contributed by atoms with Crippen LogP contribution in [-0.4, -0.2) is 42.2 Å². The molecule has 0 aliphatic rings. The quantitative estimate of drug-likeness (QED) is 0.727. The molecule has 6 heteroatoms. The Morgan fingerprint density at radius 1 is 1.17 bits per heavy atom. The van der Waals surface area contributed by atoms with Crippen LogP contribution in [0.1, 0.15) is 19.4 Å². The fourth-order valence-electron chi connectivity index (χ4n) is 2.42. The van der Waals surface area contributed by atoms with E-state index in [-0.39, 0.29) is 11.9 Å². The van der Waals surface area contributed by atoms with Crippen molar-refractivity contribution in [2.24, 2.45) is 0 Å². The Morgan fingerprint density at radius 2 is 1.83 bits per heavy atom. The standard InChI is InChI=1S/C18H24N4O2/c1-13(22-14(2)23)10-15-4-6-16(7-5-15)17-11-20-18(21-12-17)19-8-9-24-3/h4-7,11-13H,8-10H2,1-3H3,(H,22,23)(H,19,20,21). The third kappa shape index (κ3) is 5.62. The summed E-state index contributed by atoms with van der Waals surface area (Å²) >= 11 is 0. The molecule has 0 spiro atoms. The molecule has 1 aromatic heterocycles. The van der Waals surface area contributed by atoms with E-state index in [4.69, 9.17) is 4.74 Å². The Kier molecular flexibility index (Phi) is 6.69. The van der Waals surface area contributed by atoms with Crippen molar-refractivity contribution in [3.63, 3.8) is 0 Å². The molecule has 0 saturated heterocycles. The number of aromatic nitrogens is 2. The van der Waals surface area contributed by atoms with Gasteiger partial charge in [0.2, 0.25) is 11.9 Å². The molecular weight excluding hydrogens is 304 g/mol. The van der Waals surface area contributed by atoms with E-state index in [0.717, 1.165) is 17.5 Å². The minimum Gasteiger partial charge on any atom is -0.383 e. The van der Waals surface area contributed by atoms with Crippen LogP contribution in [0.2, 0.25) is 0 Å². The lowest BCUT2D eigenvalue weighted by atomic mass is 10.0. The first-order valence-electron chi connectivity index (χ1n) is 7.99. The lowest BCUT2D eigenvalue weighted by molar-refractivity contribution is -0.119. The zero-order valence-electron chi connectivity index (χ0n) is 14.4. The predicted octanol–water partition coefficient (Wildman–Crippen LogP) is 2.27. The average molecular weight is 328 g/mol. The summed E-state index contributed by atoms with van der Waals surface area (Å²) in [7, 11) is 1.66. The number of amides is 1. The van der Waals surface area contributed by atoms with E-state index < -0.39 is 0 Å². The topological polar surface area (TPSA) is 76.1 Å². The smallest absolute Gasteiger partial charge is 0.222 e. The van der Waals surface area contributed by atoms with Gasteiger partial charge in [-0.15, -0.1) is 0 Å². The molecule has 2 N–H and O–H groups in total. The van der Waals surface area contributed by atoms with Gasteiger partial charge in [-0.3, -0.25) is 4.79 Å². The lowest BCUT2D eigenvalue weighted by Crippen LogP contribution is -2.31. The number of hydrogen-bond donors (Lipinski definition) is 2. The summed E-state index contributed by atoms with van der Waals surface area (Å²) in [6.45, 7) is 4.83. The fourth-order valence-corrected chi connectivity index (χ4v) is 2.42. The van der Waals surface area contributed by atoms with Crippen molar-refractivity contribution in [2.75, 3.05) is 25.6 Å². The Hall–Kier alpha value is -2.47. The van der Waals surface area contributed by atoms with Crippen molar-refractivity contribution in [1.29, 1.82) is 0 Å². The number of methoxy groups -OCH3 is 1. The Bertz CT molecular complexity index is 641. The van der Waals surface area contributed by atoms with Crippen LogP contribution in [0.25, 0.3) is 11.1 Å². The summed E-state index contributed by atoms with van der Waals surface area (Å²) in [5.41, 5.74) is 3.21. The van der Waals surface area contributed by atoms with Gasteiger partial charge in [-0.25, -0.2) is 9.97 Å². The highest BCUT2D eigenvalue weighted by Crippen LogP contribution is 2.19. The van der Waals surface area contributed by atoms with Gasteiger partial charge < -0.3 is 15.4 Å². The van der Waals surface area contributed by atoms with E-state index in [2.05, 4.69) is 32.7 Å². The van der Waals surface area contributed by atoms with Crippen molar-refractivity contribution >= 4 is 11.9 Å². The average Bonchev–Trinajstić information content (AvgIpc) is 2.56. The number of benzene rings is 1. The van der Waals surface area contributed by atoms with Crippen LogP contribution in [-0.2, 0) is 16.0 Å². The number of nitrogens with one attached hydrogen (secondary N) is 2. The molecule has 0 radical (unpaired) electrons. The van der Waals surface area contributed by atoms with Gasteiger partial charge >= 0.3 is 0 Å². The third-order valence-corrected chi connectivity index (χ3v) is 3.52. The molecule has 1 unspecified atom stereocenters. The van der Waals surface area contributed by atoms with Crippen molar-refractivity contribution < 1.29 is 9.53 Å². The first-order valence-corrected chi connectivity index (χ1v) is 7.99. The molecule has 0 bridgehead atoms. The molecule has 1 amide bonds. The number of rotatable bonds is 8. The highest BCUT2D eigenvalue weighted by atomic mass is 16.5. The van der Waals surface area contributed by atoms with Crippen molar-refractivity contribution in [3.05, 3.63) is 42.2 Å². The second kappa shape index (κ2) is 8.98. The maximum Gasteiger partial charge on any atom is 0.222 e. The highest BCUT2D eigenvalue weighted by Gasteiger charge is 2.06. The number of nitrogens with zero attached hydrogens (tertiary/aromatic N) is 2. The molecule has 2 aromatic rings. The zero-order valence-corrected chi connectivity index (χ0v) is 14.4. The van der Waals surface area contributed by atoms with Gasteiger partial charge in [0.15, 0.2) is 0 Å². The van der Waals surface area contributed by atoms with E-state index in [0.29, 0.717) is 19.1 Å². The van der Waals surface area contributed by atoms with Gasteiger partial charge in [-0.2, -0.15) is 0 Å². The molecule has 0 aliphatic carbocycles. The van der Waals surface area contributed by atoms with E-state index in [1.165, 1.54) is 12.5 Å². The zero-order chi connectivity index (χ0) is 17.4. The summed E-state index contributed by atoms with van der Waals surface area (Å²) in [6.07, 6.45) is 4.41.